The average Bonchev–Trinajstić information content (AvgIpc) is 3.44. The molecular formula is C26H27NO. The van der Waals surface area contributed by atoms with Crippen LogP contribution in [-0.2, 0) is 12.8 Å². The van der Waals surface area contributed by atoms with E-state index in [1.54, 1.807) is 0 Å². The Morgan fingerprint density at radius 2 is 1.89 bits per heavy atom. The highest BCUT2D eigenvalue weighted by Gasteiger charge is 2.23. The molecule has 5 rings (SSSR count). The van der Waals surface area contributed by atoms with E-state index < -0.39 is 0 Å². The normalized spacial score (nSPS) is 18.1. The van der Waals surface area contributed by atoms with E-state index in [1.165, 1.54) is 36.2 Å². The zero-order valence-corrected chi connectivity index (χ0v) is 16.3. The smallest absolute Gasteiger partial charge is 0.122 e. The second-order valence-corrected chi connectivity index (χ2v) is 7.47. The molecular weight excluding hydrogens is 342 g/mol. The summed E-state index contributed by atoms with van der Waals surface area (Å²) >= 11 is 0. The summed E-state index contributed by atoms with van der Waals surface area (Å²) in [5, 5.41) is 0. The minimum Gasteiger partial charge on any atom is -0.493 e. The third-order valence-electron chi connectivity index (χ3n) is 5.52. The van der Waals surface area contributed by atoms with E-state index >= 15 is 0 Å². The Balaban J connectivity index is 0.000000275. The van der Waals surface area contributed by atoms with Crippen molar-refractivity contribution in [3.63, 3.8) is 0 Å². The number of ether oxygens (including phenoxy) is 1. The lowest BCUT2D eigenvalue weighted by molar-refractivity contribution is 0.339. The summed E-state index contributed by atoms with van der Waals surface area (Å²) in [4.78, 5) is 2.59. The van der Waals surface area contributed by atoms with Crippen LogP contribution in [0.15, 0.2) is 72.8 Å². The number of benzene rings is 3. The Morgan fingerprint density at radius 1 is 1.00 bits per heavy atom. The quantitative estimate of drug-likeness (QED) is 0.646. The first-order valence-electron chi connectivity index (χ1n) is 10.2. The van der Waals surface area contributed by atoms with Crippen molar-refractivity contribution in [3.8, 4) is 5.75 Å². The van der Waals surface area contributed by atoms with Gasteiger partial charge in [0.1, 0.15) is 5.75 Å². The van der Waals surface area contributed by atoms with Crippen molar-refractivity contribution in [3.05, 3.63) is 102 Å². The largest absolute Gasteiger partial charge is 0.493 e. The van der Waals surface area contributed by atoms with E-state index in [4.69, 9.17) is 4.74 Å². The van der Waals surface area contributed by atoms with Crippen LogP contribution in [0.4, 0.5) is 0 Å². The van der Waals surface area contributed by atoms with Crippen LogP contribution in [0, 0.1) is 12.1 Å². The Kier molecular flexibility index (Phi) is 6.41. The summed E-state index contributed by atoms with van der Waals surface area (Å²) in [5.41, 5.74) is 4.20. The van der Waals surface area contributed by atoms with E-state index in [1.807, 2.05) is 42.5 Å². The van der Waals surface area contributed by atoms with Gasteiger partial charge in [-0.15, -0.1) is 0 Å². The van der Waals surface area contributed by atoms with Gasteiger partial charge in [0, 0.05) is 19.5 Å². The van der Waals surface area contributed by atoms with Crippen LogP contribution in [0.1, 0.15) is 29.0 Å². The van der Waals surface area contributed by atoms with Gasteiger partial charge in [-0.1, -0.05) is 66.7 Å². The Labute approximate surface area is 168 Å². The Bertz CT molecular complexity index is 820. The summed E-state index contributed by atoms with van der Waals surface area (Å²) in [6.45, 7) is 4.39. The molecule has 0 saturated carbocycles. The van der Waals surface area contributed by atoms with Crippen LogP contribution in [0.25, 0.3) is 0 Å². The summed E-state index contributed by atoms with van der Waals surface area (Å²) in [6.07, 6.45) is 3.47. The van der Waals surface area contributed by atoms with Crippen LogP contribution >= 0.6 is 0 Å². The second-order valence-electron chi connectivity index (χ2n) is 7.47. The number of likely N-dealkylation sites (tertiary alicyclic amines) is 1. The molecule has 2 radical (unpaired) electrons. The van der Waals surface area contributed by atoms with Gasteiger partial charge in [-0.2, -0.15) is 0 Å². The van der Waals surface area contributed by atoms with Crippen molar-refractivity contribution >= 4 is 0 Å². The maximum Gasteiger partial charge on any atom is 0.122 e. The molecule has 0 aromatic heterocycles. The molecule has 2 heterocycles. The van der Waals surface area contributed by atoms with Crippen molar-refractivity contribution < 1.29 is 4.74 Å². The zero-order chi connectivity index (χ0) is 19.0. The summed E-state index contributed by atoms with van der Waals surface area (Å²) in [7, 11) is 0. The lowest BCUT2D eigenvalue weighted by atomic mass is 9.99. The lowest BCUT2D eigenvalue weighted by Gasteiger charge is -2.16. The molecule has 2 aliphatic heterocycles. The van der Waals surface area contributed by atoms with Gasteiger partial charge in [0.25, 0.3) is 0 Å². The topological polar surface area (TPSA) is 12.5 Å². The third kappa shape index (κ3) is 5.02. The maximum absolute atomic E-state index is 5.58. The van der Waals surface area contributed by atoms with E-state index in [0.717, 1.165) is 31.7 Å². The van der Waals surface area contributed by atoms with Crippen molar-refractivity contribution in [1.29, 1.82) is 0 Å². The molecule has 3 aromatic carbocycles. The number of hydrogen-bond donors (Lipinski definition) is 0. The molecule has 1 saturated heterocycles. The average molecular weight is 370 g/mol. The minimum atomic E-state index is 0.662. The van der Waals surface area contributed by atoms with E-state index in [-0.39, 0.29) is 0 Å². The van der Waals surface area contributed by atoms with Crippen LogP contribution in [-0.4, -0.2) is 31.1 Å². The van der Waals surface area contributed by atoms with Gasteiger partial charge in [0.15, 0.2) is 0 Å². The van der Waals surface area contributed by atoms with Crippen LogP contribution in [0.3, 0.4) is 0 Å². The molecule has 0 N–H and O–H groups in total. The third-order valence-corrected chi connectivity index (χ3v) is 5.52. The fourth-order valence-electron chi connectivity index (χ4n) is 3.98. The number of rotatable bonds is 4. The van der Waals surface area contributed by atoms with Crippen molar-refractivity contribution in [1.82, 2.24) is 4.90 Å². The molecule has 2 heteroatoms. The molecule has 1 unspecified atom stereocenters. The van der Waals surface area contributed by atoms with Crippen LogP contribution in [0.5, 0.6) is 5.75 Å². The van der Waals surface area contributed by atoms with E-state index in [2.05, 4.69) is 47.4 Å². The monoisotopic (exact) mass is 369 g/mol. The summed E-state index contributed by atoms with van der Waals surface area (Å²) in [6, 6.07) is 31.0. The number of hydrogen-bond acceptors (Lipinski definition) is 2. The SMILES string of the molecule is [c]1ccccc1.[c]1ccccc1C1CCN(CCc2ccc3c(c2)CCO3)C1. The first kappa shape index (κ1) is 18.8. The van der Waals surface area contributed by atoms with Crippen LogP contribution in [0.2, 0.25) is 0 Å². The van der Waals surface area contributed by atoms with Gasteiger partial charge in [0.05, 0.1) is 6.61 Å². The summed E-state index contributed by atoms with van der Waals surface area (Å²) < 4.78 is 5.58. The fourth-order valence-corrected chi connectivity index (χ4v) is 3.98. The minimum absolute atomic E-state index is 0.662. The van der Waals surface area contributed by atoms with Crippen molar-refractivity contribution in [2.45, 2.75) is 25.2 Å². The van der Waals surface area contributed by atoms with Gasteiger partial charge >= 0.3 is 0 Å². The zero-order valence-electron chi connectivity index (χ0n) is 16.3. The Morgan fingerprint density at radius 3 is 2.64 bits per heavy atom. The molecule has 0 bridgehead atoms. The predicted octanol–water partition coefficient (Wildman–Crippen LogP) is 4.94. The fraction of sp³-hybridized carbons (Fsp3) is 0.308. The van der Waals surface area contributed by atoms with Gasteiger partial charge in [0.2, 0.25) is 0 Å². The molecule has 0 amide bonds. The summed E-state index contributed by atoms with van der Waals surface area (Å²) in [5.74, 6) is 1.75. The molecule has 0 spiro atoms. The Hall–Kier alpha value is -2.58. The highest BCUT2D eigenvalue weighted by Crippen LogP contribution is 2.28. The number of fused-ring (bicyclic) bond motifs is 1. The standard InChI is InChI=1S/C20H22NO.C6H5/c1-2-4-17(5-3-1)19-9-12-21(15-19)11-8-16-6-7-20-18(14-16)10-13-22-20;1-2-4-6-5-3-1/h1-4,6-7,14,19H,8-13,15H2;1-5H. The van der Waals surface area contributed by atoms with Crippen LogP contribution < -0.4 is 4.74 Å². The molecule has 1 atom stereocenters. The molecule has 28 heavy (non-hydrogen) atoms. The highest BCUT2D eigenvalue weighted by atomic mass is 16.5. The molecule has 1 fully saturated rings. The molecule has 2 aliphatic rings. The van der Waals surface area contributed by atoms with Crippen molar-refractivity contribution in [2.75, 3.05) is 26.2 Å². The van der Waals surface area contributed by atoms with Gasteiger partial charge in [-0.25, -0.2) is 0 Å². The maximum atomic E-state index is 5.58. The lowest BCUT2D eigenvalue weighted by Crippen LogP contribution is -2.23. The molecule has 3 aromatic rings. The number of nitrogens with zero attached hydrogens (tertiary/aromatic N) is 1. The van der Waals surface area contributed by atoms with Gasteiger partial charge in [-0.3, -0.25) is 0 Å². The predicted molar refractivity (Wildman–Crippen MR) is 114 cm³/mol. The molecule has 2 nitrogen and oxygen atoms in total. The van der Waals surface area contributed by atoms with E-state index in [0.29, 0.717) is 5.92 Å². The van der Waals surface area contributed by atoms with Crippen molar-refractivity contribution in [2.24, 2.45) is 0 Å². The van der Waals surface area contributed by atoms with Gasteiger partial charge in [-0.05, 0) is 60.2 Å². The highest BCUT2D eigenvalue weighted by molar-refractivity contribution is 5.39. The molecule has 142 valence electrons. The first-order valence-corrected chi connectivity index (χ1v) is 10.2. The molecule has 0 aliphatic carbocycles. The second kappa shape index (κ2) is 9.57. The van der Waals surface area contributed by atoms with Gasteiger partial charge < -0.3 is 9.64 Å². The van der Waals surface area contributed by atoms with E-state index in [9.17, 15) is 0 Å². The first-order chi connectivity index (χ1) is 13.9.